The third kappa shape index (κ3) is 3.37. The van der Waals surface area contributed by atoms with E-state index in [0.717, 1.165) is 0 Å². The van der Waals surface area contributed by atoms with Gasteiger partial charge in [-0.15, -0.1) is 0 Å². The summed E-state index contributed by atoms with van der Waals surface area (Å²) >= 11 is 0. The molecule has 2 amide bonds. The van der Waals surface area contributed by atoms with Crippen LogP contribution < -0.4 is 11.1 Å². The number of carbonyl (C=O) groups excluding carboxylic acids is 3. The van der Waals surface area contributed by atoms with Crippen molar-refractivity contribution in [3.05, 3.63) is 35.4 Å². The van der Waals surface area contributed by atoms with Crippen molar-refractivity contribution in [1.29, 1.82) is 0 Å². The van der Waals surface area contributed by atoms with Crippen LogP contribution in [-0.4, -0.2) is 60.9 Å². The Labute approximate surface area is 159 Å². The minimum atomic E-state index is -0.606. The number of hydrogen-bond acceptors (Lipinski definition) is 5. The van der Waals surface area contributed by atoms with Crippen molar-refractivity contribution in [3.8, 4) is 0 Å². The average Bonchev–Trinajstić information content (AvgIpc) is 3.14. The number of nitrogens with one attached hydrogen (secondary N) is 1. The highest BCUT2D eigenvalue weighted by molar-refractivity contribution is 5.99. The fourth-order valence-electron chi connectivity index (χ4n) is 4.25. The zero-order valence-corrected chi connectivity index (χ0v) is 16.2. The number of likely N-dealkylation sites (tertiary alicyclic amines) is 1. The maximum atomic E-state index is 13.7. The largest absolute Gasteiger partial charge is 0.366 e. The smallest absolute Gasteiger partial charge is 0.249 e. The predicted octanol–water partition coefficient (Wildman–Crippen LogP) is 0.682. The number of amides is 2. The predicted molar refractivity (Wildman–Crippen MR) is 100 cm³/mol. The zero-order chi connectivity index (χ0) is 19.9. The number of nitrogens with two attached hydrogens (primary N) is 1. The Hall–Kier alpha value is -2.25. The summed E-state index contributed by atoms with van der Waals surface area (Å²) in [5, 5.41) is 3.14. The summed E-state index contributed by atoms with van der Waals surface area (Å²) in [4.78, 5) is 39.6. The molecule has 2 saturated heterocycles. The van der Waals surface area contributed by atoms with Crippen LogP contribution in [0.2, 0.25) is 0 Å². The van der Waals surface area contributed by atoms with Gasteiger partial charge in [0.15, 0.2) is 5.78 Å². The highest BCUT2D eigenvalue weighted by Crippen LogP contribution is 2.40. The Morgan fingerprint density at radius 2 is 1.96 bits per heavy atom. The van der Waals surface area contributed by atoms with Crippen LogP contribution in [0.1, 0.15) is 42.6 Å². The molecule has 0 bridgehead atoms. The first kappa shape index (κ1) is 19.5. The molecule has 27 heavy (non-hydrogen) atoms. The van der Waals surface area contributed by atoms with Gasteiger partial charge in [-0.2, -0.15) is 0 Å². The first-order valence-corrected chi connectivity index (χ1v) is 9.17. The quantitative estimate of drug-likeness (QED) is 0.808. The van der Waals surface area contributed by atoms with E-state index in [9.17, 15) is 14.4 Å². The summed E-state index contributed by atoms with van der Waals surface area (Å²) in [6, 6.07) is 6.24. The molecule has 2 aliphatic heterocycles. The number of ether oxygens (including phenoxy) is 1. The number of Topliss-reactive ketones (excluding diaryl/α,β-unsaturated/α-hetero) is 1. The fraction of sp³-hybridized carbons (Fsp3) is 0.550. The van der Waals surface area contributed by atoms with Gasteiger partial charge in [0.1, 0.15) is 18.8 Å². The Kier molecular flexibility index (Phi) is 5.10. The molecule has 2 fully saturated rings. The van der Waals surface area contributed by atoms with E-state index in [4.69, 9.17) is 10.5 Å². The maximum absolute atomic E-state index is 13.7. The van der Waals surface area contributed by atoms with E-state index in [2.05, 4.69) is 5.32 Å². The summed E-state index contributed by atoms with van der Waals surface area (Å²) in [6.45, 7) is 6.26. The molecule has 0 aromatic heterocycles. The van der Waals surface area contributed by atoms with Gasteiger partial charge in [-0.1, -0.05) is 39.0 Å². The number of primary amides is 1. The molecule has 0 spiro atoms. The highest BCUT2D eigenvalue weighted by Gasteiger charge is 2.53. The summed E-state index contributed by atoms with van der Waals surface area (Å²) in [5.41, 5.74) is 6.01. The van der Waals surface area contributed by atoms with Gasteiger partial charge in [0, 0.05) is 12.1 Å². The molecule has 4 atom stereocenters. The highest BCUT2D eigenvalue weighted by atomic mass is 16.5. The molecule has 2 aliphatic rings. The number of benzene rings is 1. The first-order chi connectivity index (χ1) is 12.7. The van der Waals surface area contributed by atoms with Crippen LogP contribution in [-0.2, 0) is 14.3 Å². The molecule has 0 radical (unpaired) electrons. The molecular weight excluding hydrogens is 346 g/mol. The van der Waals surface area contributed by atoms with Gasteiger partial charge in [0.25, 0.3) is 0 Å². The van der Waals surface area contributed by atoms with Crippen LogP contribution >= 0.6 is 0 Å². The molecule has 1 aromatic carbocycles. The van der Waals surface area contributed by atoms with E-state index in [0.29, 0.717) is 17.7 Å². The lowest BCUT2D eigenvalue weighted by Crippen LogP contribution is -2.46. The SMILES string of the molecule is CN[C@H]1CN(C(=O)[C@H](c2ccccc2C(N)=O)C(C)(C)C)[C@@H]2C(=O)CO[C@H]12. The Balaban J connectivity index is 2.04. The van der Waals surface area contributed by atoms with Gasteiger partial charge in [-0.05, 0) is 24.1 Å². The lowest BCUT2D eigenvalue weighted by atomic mass is 9.74. The third-order valence-electron chi connectivity index (χ3n) is 5.49. The van der Waals surface area contributed by atoms with E-state index < -0.39 is 23.3 Å². The zero-order valence-electron chi connectivity index (χ0n) is 16.2. The third-order valence-corrected chi connectivity index (χ3v) is 5.49. The first-order valence-electron chi connectivity index (χ1n) is 9.17. The van der Waals surface area contributed by atoms with Gasteiger partial charge in [-0.25, -0.2) is 0 Å². The van der Waals surface area contributed by atoms with Crippen molar-refractivity contribution in [2.24, 2.45) is 11.1 Å². The number of carbonyl (C=O) groups is 3. The van der Waals surface area contributed by atoms with Crippen molar-refractivity contribution < 1.29 is 19.1 Å². The van der Waals surface area contributed by atoms with E-state index in [1.165, 1.54) is 0 Å². The van der Waals surface area contributed by atoms with Gasteiger partial charge in [0.05, 0.1) is 12.0 Å². The van der Waals surface area contributed by atoms with E-state index in [1.807, 2.05) is 20.8 Å². The topological polar surface area (TPSA) is 102 Å². The summed E-state index contributed by atoms with van der Waals surface area (Å²) in [5.74, 6) is -1.43. The van der Waals surface area contributed by atoms with Crippen molar-refractivity contribution in [2.45, 2.75) is 44.9 Å². The van der Waals surface area contributed by atoms with Crippen LogP contribution in [0.15, 0.2) is 24.3 Å². The normalized spacial score (nSPS) is 26.1. The van der Waals surface area contributed by atoms with Gasteiger partial charge in [-0.3, -0.25) is 14.4 Å². The monoisotopic (exact) mass is 373 g/mol. The van der Waals surface area contributed by atoms with Crippen LogP contribution in [0.25, 0.3) is 0 Å². The van der Waals surface area contributed by atoms with Crippen LogP contribution in [0.4, 0.5) is 0 Å². The minimum Gasteiger partial charge on any atom is -0.366 e. The number of hydrogen-bond donors (Lipinski definition) is 2. The lowest BCUT2D eigenvalue weighted by molar-refractivity contribution is -0.139. The van der Waals surface area contributed by atoms with E-state index >= 15 is 0 Å². The van der Waals surface area contributed by atoms with Crippen LogP contribution in [0.3, 0.4) is 0 Å². The van der Waals surface area contributed by atoms with Crippen molar-refractivity contribution in [1.82, 2.24) is 10.2 Å². The standard InChI is InChI=1S/C20H27N3O4/c1-20(2,3)15(11-7-5-6-8-12(11)18(21)25)19(26)23-9-13(22-4)17-16(23)14(24)10-27-17/h5-8,13,15-17,22H,9-10H2,1-4H3,(H2,21,25)/t13-,15-,16+,17+/m0/s1. The molecule has 0 aliphatic carbocycles. The number of fused-ring (bicyclic) bond motifs is 1. The van der Waals surface area contributed by atoms with E-state index in [1.54, 1.807) is 36.2 Å². The number of rotatable bonds is 4. The molecule has 7 heteroatoms. The molecular formula is C20H27N3O4. The summed E-state index contributed by atoms with van der Waals surface area (Å²) in [6.07, 6.45) is -0.335. The second-order valence-electron chi connectivity index (χ2n) is 8.32. The van der Waals surface area contributed by atoms with Crippen molar-refractivity contribution >= 4 is 17.6 Å². The molecule has 3 N–H and O–H groups in total. The molecule has 3 rings (SSSR count). The Morgan fingerprint density at radius 1 is 1.30 bits per heavy atom. The molecule has 7 nitrogen and oxygen atoms in total. The summed E-state index contributed by atoms with van der Waals surface area (Å²) < 4.78 is 5.63. The summed E-state index contributed by atoms with van der Waals surface area (Å²) in [7, 11) is 1.80. The van der Waals surface area contributed by atoms with Crippen molar-refractivity contribution in [3.63, 3.8) is 0 Å². The molecule has 0 saturated carbocycles. The van der Waals surface area contributed by atoms with Gasteiger partial charge < -0.3 is 20.7 Å². The van der Waals surface area contributed by atoms with Gasteiger partial charge >= 0.3 is 0 Å². The molecule has 2 heterocycles. The number of nitrogens with zero attached hydrogens (tertiary/aromatic N) is 1. The fourth-order valence-corrected chi connectivity index (χ4v) is 4.25. The second-order valence-corrected chi connectivity index (χ2v) is 8.32. The van der Waals surface area contributed by atoms with Gasteiger partial charge in [0.2, 0.25) is 11.8 Å². The Morgan fingerprint density at radius 3 is 2.56 bits per heavy atom. The van der Waals surface area contributed by atoms with Crippen molar-refractivity contribution in [2.75, 3.05) is 20.2 Å². The van der Waals surface area contributed by atoms with Crippen LogP contribution in [0.5, 0.6) is 0 Å². The second kappa shape index (κ2) is 7.05. The Bertz CT molecular complexity index is 771. The lowest BCUT2D eigenvalue weighted by Gasteiger charge is -2.35. The number of likely N-dealkylation sites (N-methyl/N-ethyl adjacent to an activating group) is 1. The number of ketones is 1. The average molecular weight is 373 g/mol. The molecule has 1 aromatic rings. The molecule has 146 valence electrons. The molecule has 0 unspecified atom stereocenters. The minimum absolute atomic E-state index is 0.0232. The van der Waals surface area contributed by atoms with Crippen LogP contribution in [0, 0.1) is 5.41 Å². The maximum Gasteiger partial charge on any atom is 0.249 e. The van der Waals surface area contributed by atoms with E-state index in [-0.39, 0.29) is 30.4 Å².